The molecule has 0 saturated heterocycles. The van der Waals surface area contributed by atoms with Gasteiger partial charge in [0, 0.05) is 20.6 Å². The number of hydrogen-bond donors (Lipinski definition) is 1. The van der Waals surface area contributed by atoms with E-state index in [4.69, 9.17) is 49.0 Å². The Morgan fingerprint density at radius 3 is 2.44 bits per heavy atom. The second kappa shape index (κ2) is 11.6. The summed E-state index contributed by atoms with van der Waals surface area (Å²) in [5, 5.41) is 9.21. The summed E-state index contributed by atoms with van der Waals surface area (Å²) in [4.78, 5) is 17.6. The van der Waals surface area contributed by atoms with Crippen molar-refractivity contribution in [2.75, 3.05) is 19.0 Å². The second-order valence-corrected chi connectivity index (χ2v) is 9.72. The van der Waals surface area contributed by atoms with Gasteiger partial charge in [-0.3, -0.25) is 0 Å². The number of rotatable bonds is 8. The minimum Gasteiger partial charge on any atom is -0.490 e. The Morgan fingerprint density at radius 2 is 1.74 bits per heavy atom. The summed E-state index contributed by atoms with van der Waals surface area (Å²) in [5.41, 5.74) is 3.00. The van der Waals surface area contributed by atoms with Crippen LogP contribution in [0, 0.1) is 0 Å². The lowest BCUT2D eigenvalue weighted by Crippen LogP contribution is -2.29. The van der Waals surface area contributed by atoms with Gasteiger partial charge in [-0.2, -0.15) is 10.1 Å². The van der Waals surface area contributed by atoms with Crippen molar-refractivity contribution < 1.29 is 19.0 Å². The summed E-state index contributed by atoms with van der Waals surface area (Å²) in [6, 6.07) is 17.2. The van der Waals surface area contributed by atoms with E-state index in [0.717, 1.165) is 5.56 Å². The number of ether oxygens (including phenoxy) is 3. The highest BCUT2D eigenvalue weighted by Crippen LogP contribution is 2.41. The van der Waals surface area contributed by atoms with E-state index in [1.165, 1.54) is 13.4 Å². The van der Waals surface area contributed by atoms with Crippen molar-refractivity contribution >= 4 is 52.4 Å². The normalized spacial score (nSPS) is 14.4. The number of esters is 1. The number of fused-ring (bicyclic) bond motifs is 1. The molecule has 5 rings (SSSR count). The zero-order valence-corrected chi connectivity index (χ0v) is 23.2. The molecule has 0 aliphatic carbocycles. The van der Waals surface area contributed by atoms with Gasteiger partial charge in [-0.25, -0.2) is 9.48 Å². The van der Waals surface area contributed by atoms with Crippen molar-refractivity contribution in [3.05, 3.63) is 104 Å². The van der Waals surface area contributed by atoms with Gasteiger partial charge >= 0.3 is 5.97 Å². The molecular formula is C28H23Cl3N4O4. The Kier molecular flexibility index (Phi) is 7.97. The molecule has 1 N–H and O–H groups in total. The van der Waals surface area contributed by atoms with E-state index in [9.17, 15) is 4.79 Å². The molecule has 1 aliphatic rings. The first-order valence-electron chi connectivity index (χ1n) is 12.0. The summed E-state index contributed by atoms with van der Waals surface area (Å²) in [7, 11) is 1.34. The van der Waals surface area contributed by atoms with Crippen LogP contribution in [0.15, 0.2) is 72.6 Å². The molecule has 1 aromatic heterocycles. The average molecular weight is 586 g/mol. The number of carbonyl (C=O) groups is 1. The van der Waals surface area contributed by atoms with Gasteiger partial charge in [0.25, 0.3) is 0 Å². The lowest BCUT2D eigenvalue weighted by Gasteiger charge is -2.29. The fourth-order valence-corrected chi connectivity index (χ4v) is 4.98. The molecule has 1 atom stereocenters. The van der Waals surface area contributed by atoms with Crippen molar-refractivity contribution in [2.24, 2.45) is 0 Å². The summed E-state index contributed by atoms with van der Waals surface area (Å²) in [5.74, 6) is 0.913. The summed E-state index contributed by atoms with van der Waals surface area (Å²) < 4.78 is 18.8. The molecule has 8 nitrogen and oxygen atoms in total. The van der Waals surface area contributed by atoms with Crippen LogP contribution in [0.4, 0.5) is 5.95 Å². The van der Waals surface area contributed by atoms with E-state index in [1.54, 1.807) is 41.1 Å². The molecule has 0 unspecified atom stereocenters. The number of anilines is 1. The van der Waals surface area contributed by atoms with Gasteiger partial charge in [0.15, 0.2) is 11.5 Å². The monoisotopic (exact) mass is 584 g/mol. The van der Waals surface area contributed by atoms with Crippen LogP contribution in [0.5, 0.6) is 11.5 Å². The van der Waals surface area contributed by atoms with Crippen LogP contribution in [0.25, 0.3) is 5.70 Å². The Hall–Kier alpha value is -3.72. The van der Waals surface area contributed by atoms with Crippen molar-refractivity contribution in [1.82, 2.24) is 14.8 Å². The Balaban J connectivity index is 1.59. The Labute approximate surface area is 240 Å². The SMILES string of the molecule is CCOc1cc([C@@H]2C(C(=O)OC)=C(c3ccc(Cl)cc3)Nc3ncnn32)ccc1OCc1c(Cl)cccc1Cl. The highest BCUT2D eigenvalue weighted by atomic mass is 35.5. The van der Waals surface area contributed by atoms with E-state index >= 15 is 0 Å². The summed E-state index contributed by atoms with van der Waals surface area (Å²) in [6.45, 7) is 2.41. The maximum Gasteiger partial charge on any atom is 0.338 e. The second-order valence-electron chi connectivity index (χ2n) is 8.47. The Bertz CT molecular complexity index is 1530. The van der Waals surface area contributed by atoms with Crippen LogP contribution in [-0.2, 0) is 16.1 Å². The van der Waals surface area contributed by atoms with Crippen LogP contribution < -0.4 is 14.8 Å². The molecule has 200 valence electrons. The molecule has 11 heteroatoms. The minimum atomic E-state index is -0.673. The molecule has 4 aromatic rings. The largest absolute Gasteiger partial charge is 0.490 e. The number of carbonyl (C=O) groups excluding carboxylic acids is 1. The highest BCUT2D eigenvalue weighted by Gasteiger charge is 2.36. The first-order valence-corrected chi connectivity index (χ1v) is 13.1. The van der Waals surface area contributed by atoms with Gasteiger partial charge in [0.05, 0.1) is 25.0 Å². The number of benzene rings is 3. The van der Waals surface area contributed by atoms with Crippen LogP contribution in [0.2, 0.25) is 15.1 Å². The van der Waals surface area contributed by atoms with Crippen molar-refractivity contribution in [3.63, 3.8) is 0 Å². The van der Waals surface area contributed by atoms with E-state index < -0.39 is 12.0 Å². The number of nitrogens with one attached hydrogen (secondary N) is 1. The molecule has 0 fully saturated rings. The lowest BCUT2D eigenvalue weighted by atomic mass is 9.92. The van der Waals surface area contributed by atoms with Crippen LogP contribution in [0.1, 0.15) is 29.7 Å². The first-order chi connectivity index (χ1) is 18.9. The number of halogens is 3. The number of aromatic nitrogens is 3. The van der Waals surface area contributed by atoms with E-state index in [1.807, 2.05) is 31.2 Å². The summed E-state index contributed by atoms with van der Waals surface area (Å²) in [6.07, 6.45) is 1.42. The van der Waals surface area contributed by atoms with Crippen molar-refractivity contribution in [1.29, 1.82) is 0 Å². The molecule has 0 spiro atoms. The first kappa shape index (κ1) is 26.9. The zero-order valence-electron chi connectivity index (χ0n) is 21.0. The third kappa shape index (κ3) is 5.41. The molecule has 2 heterocycles. The molecule has 0 bridgehead atoms. The van der Waals surface area contributed by atoms with E-state index in [-0.39, 0.29) is 6.61 Å². The van der Waals surface area contributed by atoms with Gasteiger partial charge in [-0.1, -0.05) is 59.1 Å². The van der Waals surface area contributed by atoms with Gasteiger partial charge < -0.3 is 19.5 Å². The number of hydrogen-bond acceptors (Lipinski definition) is 7. The van der Waals surface area contributed by atoms with Gasteiger partial charge in [-0.15, -0.1) is 0 Å². The highest BCUT2D eigenvalue weighted by molar-refractivity contribution is 6.36. The standard InChI is InChI=1S/C28H23Cl3N4O4/c1-3-38-23-13-17(9-12-22(23)39-14-19-20(30)5-4-6-21(19)31)26-24(27(36)37-2)25(16-7-10-18(29)11-8-16)34-28-32-15-33-35(26)28/h4-13,15,26H,3,14H2,1-2H3,(H,32,33,34)/t26-/m1/s1. The smallest absolute Gasteiger partial charge is 0.338 e. The molecule has 3 aromatic carbocycles. The van der Waals surface area contributed by atoms with Crippen LogP contribution in [0.3, 0.4) is 0 Å². The zero-order chi connectivity index (χ0) is 27.5. The van der Waals surface area contributed by atoms with Crippen LogP contribution in [-0.4, -0.2) is 34.5 Å². The van der Waals surface area contributed by atoms with Gasteiger partial charge in [-0.05, 0) is 54.4 Å². The Morgan fingerprint density at radius 1 is 1.00 bits per heavy atom. The van der Waals surface area contributed by atoms with Gasteiger partial charge in [0.1, 0.15) is 19.0 Å². The van der Waals surface area contributed by atoms with Crippen LogP contribution >= 0.6 is 34.8 Å². The topological polar surface area (TPSA) is 87.5 Å². The van der Waals surface area contributed by atoms with E-state index in [2.05, 4.69) is 15.4 Å². The van der Waals surface area contributed by atoms with Crippen molar-refractivity contribution in [2.45, 2.75) is 19.6 Å². The molecule has 0 radical (unpaired) electrons. The quantitative estimate of drug-likeness (QED) is 0.227. The molecule has 0 saturated carbocycles. The third-order valence-corrected chi connectivity index (χ3v) is 7.11. The maximum atomic E-state index is 13.2. The summed E-state index contributed by atoms with van der Waals surface area (Å²) >= 11 is 18.8. The molecule has 0 amide bonds. The predicted molar refractivity (Wildman–Crippen MR) is 151 cm³/mol. The fraction of sp³-hybridized carbons (Fsp3) is 0.179. The molecular weight excluding hydrogens is 563 g/mol. The fourth-order valence-electron chi connectivity index (χ4n) is 4.34. The lowest BCUT2D eigenvalue weighted by molar-refractivity contribution is -0.136. The van der Waals surface area contributed by atoms with E-state index in [0.29, 0.717) is 61.5 Å². The minimum absolute atomic E-state index is 0.145. The average Bonchev–Trinajstić information content (AvgIpc) is 3.41. The van der Waals surface area contributed by atoms with Gasteiger partial charge in [0.2, 0.25) is 5.95 Å². The third-order valence-electron chi connectivity index (χ3n) is 6.15. The van der Waals surface area contributed by atoms with Crippen molar-refractivity contribution in [3.8, 4) is 11.5 Å². The molecule has 39 heavy (non-hydrogen) atoms. The predicted octanol–water partition coefficient (Wildman–Crippen LogP) is 6.82. The maximum absolute atomic E-state index is 13.2. The molecule has 1 aliphatic heterocycles. The number of nitrogens with zero attached hydrogens (tertiary/aromatic N) is 3. The number of methoxy groups -OCH3 is 1.